The Morgan fingerprint density at radius 1 is 1.00 bits per heavy atom. The predicted octanol–water partition coefficient (Wildman–Crippen LogP) is 5.62. The molecule has 210 valence electrons. The Labute approximate surface area is 242 Å². The van der Waals surface area contributed by atoms with Crippen LogP contribution in [0.15, 0.2) is 73.1 Å². The minimum atomic E-state index is -0.0674. The smallest absolute Gasteiger partial charge is 0.228 e. The van der Waals surface area contributed by atoms with Crippen molar-refractivity contribution in [2.45, 2.75) is 77.7 Å². The number of pyridine rings is 2. The Bertz CT molecular complexity index is 1570. The Hall–Kier alpha value is -3.87. The standard InChI is InChI=1S/C35H38N4O2/c1-23-15-24(2)32(37-18-23)21-39(33-11-5-8-26-9-6-14-36-34(26)33)20-28-13-12-25(16-29(28)22-40)19-38-35(41)31-17-27-7-3-4-10-30(27)31/h3-4,6-7,9-10,12-16,18,31,33,40H,5,8,11,17,19-22H2,1-2H3,(H,38,41). The third-order valence-electron chi connectivity index (χ3n) is 8.73. The fourth-order valence-corrected chi connectivity index (χ4v) is 6.43. The molecule has 6 rings (SSSR count). The Kier molecular flexibility index (Phi) is 7.95. The lowest BCUT2D eigenvalue weighted by Gasteiger charge is -2.35. The van der Waals surface area contributed by atoms with E-state index in [2.05, 4.69) is 54.4 Å². The number of benzene rings is 2. The summed E-state index contributed by atoms with van der Waals surface area (Å²) >= 11 is 0. The number of aromatic nitrogens is 2. The summed E-state index contributed by atoms with van der Waals surface area (Å²) in [5, 5.41) is 13.5. The molecule has 2 aliphatic carbocycles. The van der Waals surface area contributed by atoms with Crippen LogP contribution in [0.2, 0.25) is 0 Å². The first-order chi connectivity index (χ1) is 20.0. The third-order valence-corrected chi connectivity index (χ3v) is 8.73. The highest BCUT2D eigenvalue weighted by Crippen LogP contribution is 2.36. The van der Waals surface area contributed by atoms with Gasteiger partial charge in [0.05, 0.1) is 30.0 Å². The summed E-state index contributed by atoms with van der Waals surface area (Å²) in [4.78, 5) is 24.9. The summed E-state index contributed by atoms with van der Waals surface area (Å²) in [6.07, 6.45) is 7.86. The van der Waals surface area contributed by atoms with Gasteiger partial charge >= 0.3 is 0 Å². The summed E-state index contributed by atoms with van der Waals surface area (Å²) in [5.41, 5.74) is 11.3. The van der Waals surface area contributed by atoms with Gasteiger partial charge in [0.25, 0.3) is 0 Å². The van der Waals surface area contributed by atoms with Crippen LogP contribution in [-0.2, 0) is 43.9 Å². The summed E-state index contributed by atoms with van der Waals surface area (Å²) < 4.78 is 0. The molecule has 2 heterocycles. The first kappa shape index (κ1) is 27.3. The molecule has 0 spiro atoms. The third kappa shape index (κ3) is 5.81. The molecule has 6 heteroatoms. The second-order valence-corrected chi connectivity index (χ2v) is 11.6. The van der Waals surface area contributed by atoms with Crippen molar-refractivity contribution in [3.05, 3.63) is 129 Å². The van der Waals surface area contributed by atoms with E-state index in [4.69, 9.17) is 9.97 Å². The number of fused-ring (bicyclic) bond motifs is 2. The highest BCUT2D eigenvalue weighted by molar-refractivity contribution is 5.86. The van der Waals surface area contributed by atoms with Crippen molar-refractivity contribution in [2.75, 3.05) is 0 Å². The lowest BCUT2D eigenvalue weighted by molar-refractivity contribution is -0.123. The van der Waals surface area contributed by atoms with E-state index in [0.29, 0.717) is 19.6 Å². The normalized spacial score (nSPS) is 17.5. The number of aryl methyl sites for hydroxylation is 3. The molecule has 2 N–H and O–H groups in total. The van der Waals surface area contributed by atoms with Gasteiger partial charge in [-0.25, -0.2) is 0 Å². The van der Waals surface area contributed by atoms with E-state index in [0.717, 1.165) is 64.9 Å². The van der Waals surface area contributed by atoms with Crippen LogP contribution in [0.5, 0.6) is 0 Å². The maximum Gasteiger partial charge on any atom is 0.228 e. The van der Waals surface area contributed by atoms with Crippen molar-refractivity contribution >= 4 is 5.91 Å². The average molecular weight is 547 g/mol. The molecule has 0 radical (unpaired) electrons. The zero-order valence-electron chi connectivity index (χ0n) is 23.9. The van der Waals surface area contributed by atoms with Gasteiger partial charge in [-0.3, -0.25) is 19.7 Å². The van der Waals surface area contributed by atoms with Crippen LogP contribution in [0.4, 0.5) is 0 Å². The highest BCUT2D eigenvalue weighted by atomic mass is 16.3. The zero-order valence-corrected chi connectivity index (χ0v) is 23.9. The molecule has 0 bridgehead atoms. The topological polar surface area (TPSA) is 78.4 Å². The maximum absolute atomic E-state index is 12.8. The van der Waals surface area contributed by atoms with Gasteiger partial charge < -0.3 is 10.4 Å². The summed E-state index contributed by atoms with van der Waals surface area (Å²) in [6, 6.07) is 21.0. The number of nitrogens with one attached hydrogen (secondary N) is 1. The monoisotopic (exact) mass is 546 g/mol. The number of nitrogens with zero attached hydrogens (tertiary/aromatic N) is 3. The predicted molar refractivity (Wildman–Crippen MR) is 160 cm³/mol. The van der Waals surface area contributed by atoms with Crippen molar-refractivity contribution in [2.24, 2.45) is 0 Å². The zero-order chi connectivity index (χ0) is 28.3. The molecular weight excluding hydrogens is 508 g/mol. The molecule has 0 saturated carbocycles. The summed E-state index contributed by atoms with van der Waals surface area (Å²) in [6.45, 7) is 5.98. The van der Waals surface area contributed by atoms with Crippen molar-refractivity contribution in [3.8, 4) is 0 Å². The molecule has 2 unspecified atom stereocenters. The van der Waals surface area contributed by atoms with Crippen LogP contribution >= 0.6 is 0 Å². The summed E-state index contributed by atoms with van der Waals surface area (Å²) in [7, 11) is 0. The van der Waals surface area contributed by atoms with Gasteiger partial charge in [0.1, 0.15) is 0 Å². The van der Waals surface area contributed by atoms with Crippen LogP contribution in [0, 0.1) is 13.8 Å². The molecule has 2 aromatic carbocycles. The van der Waals surface area contributed by atoms with Crippen LogP contribution in [-0.4, -0.2) is 25.9 Å². The number of carbonyl (C=O) groups excluding carboxylic acids is 1. The van der Waals surface area contributed by atoms with E-state index in [9.17, 15) is 9.90 Å². The van der Waals surface area contributed by atoms with E-state index in [-0.39, 0.29) is 24.5 Å². The molecule has 0 aliphatic heterocycles. The SMILES string of the molecule is Cc1cnc(CN(Cc2ccc(CNC(=O)C3Cc4ccccc43)cc2CO)C2CCCc3cccnc32)c(C)c1. The molecule has 1 amide bonds. The van der Waals surface area contributed by atoms with Gasteiger partial charge in [-0.1, -0.05) is 54.6 Å². The minimum absolute atomic E-state index is 0.0533. The molecular formula is C35H38N4O2. The van der Waals surface area contributed by atoms with E-state index in [1.807, 2.05) is 42.7 Å². The number of hydrogen-bond donors (Lipinski definition) is 2. The number of aliphatic hydroxyl groups is 1. The van der Waals surface area contributed by atoms with Crippen molar-refractivity contribution in [3.63, 3.8) is 0 Å². The molecule has 0 saturated heterocycles. The number of amides is 1. The van der Waals surface area contributed by atoms with Crippen molar-refractivity contribution < 1.29 is 9.90 Å². The average Bonchev–Trinajstić information content (AvgIpc) is 2.97. The van der Waals surface area contributed by atoms with Gasteiger partial charge in [0.2, 0.25) is 5.91 Å². The van der Waals surface area contributed by atoms with Gasteiger partial charge in [-0.2, -0.15) is 0 Å². The Morgan fingerprint density at radius 3 is 2.68 bits per heavy atom. The van der Waals surface area contributed by atoms with Gasteiger partial charge in [-0.15, -0.1) is 0 Å². The van der Waals surface area contributed by atoms with Crippen LogP contribution in [0.25, 0.3) is 0 Å². The number of rotatable bonds is 9. The maximum atomic E-state index is 12.8. The number of hydrogen-bond acceptors (Lipinski definition) is 5. The number of carbonyl (C=O) groups is 1. The minimum Gasteiger partial charge on any atom is -0.392 e. The van der Waals surface area contributed by atoms with Gasteiger partial charge in [0, 0.05) is 32.0 Å². The molecule has 2 atom stereocenters. The first-order valence-electron chi connectivity index (χ1n) is 14.7. The van der Waals surface area contributed by atoms with Crippen molar-refractivity contribution in [1.82, 2.24) is 20.2 Å². The van der Waals surface area contributed by atoms with Crippen LogP contribution < -0.4 is 5.32 Å². The fraction of sp³-hybridized carbons (Fsp3) is 0.343. The molecule has 41 heavy (non-hydrogen) atoms. The molecule has 6 nitrogen and oxygen atoms in total. The van der Waals surface area contributed by atoms with E-state index in [1.165, 1.54) is 16.7 Å². The Balaban J connectivity index is 1.22. The molecule has 0 fully saturated rings. The second kappa shape index (κ2) is 11.9. The Morgan fingerprint density at radius 2 is 1.85 bits per heavy atom. The van der Waals surface area contributed by atoms with Gasteiger partial charge in [0.15, 0.2) is 0 Å². The second-order valence-electron chi connectivity index (χ2n) is 11.6. The quantitative estimate of drug-likeness (QED) is 0.285. The van der Waals surface area contributed by atoms with E-state index >= 15 is 0 Å². The first-order valence-corrected chi connectivity index (χ1v) is 14.7. The van der Waals surface area contributed by atoms with Crippen molar-refractivity contribution in [1.29, 1.82) is 0 Å². The molecule has 2 aromatic heterocycles. The van der Waals surface area contributed by atoms with E-state index in [1.54, 1.807) is 0 Å². The number of aliphatic hydroxyl groups excluding tert-OH is 1. The fourth-order valence-electron chi connectivity index (χ4n) is 6.43. The van der Waals surface area contributed by atoms with Gasteiger partial charge in [-0.05, 0) is 90.1 Å². The largest absolute Gasteiger partial charge is 0.392 e. The molecule has 4 aromatic rings. The van der Waals surface area contributed by atoms with Crippen LogP contribution in [0.1, 0.15) is 80.7 Å². The lowest BCUT2D eigenvalue weighted by atomic mass is 9.77. The van der Waals surface area contributed by atoms with Crippen LogP contribution in [0.3, 0.4) is 0 Å². The van der Waals surface area contributed by atoms with E-state index < -0.39 is 0 Å². The lowest BCUT2D eigenvalue weighted by Crippen LogP contribution is -2.35. The summed E-state index contributed by atoms with van der Waals surface area (Å²) in [5.74, 6) is -0.00362. The molecule has 2 aliphatic rings. The highest BCUT2D eigenvalue weighted by Gasteiger charge is 2.32.